The molecule has 7 heteroatoms. The Bertz CT molecular complexity index is 1280. The Labute approximate surface area is 159 Å². The summed E-state index contributed by atoms with van der Waals surface area (Å²) in [4.78, 5) is 25.4. The van der Waals surface area contributed by atoms with E-state index in [2.05, 4.69) is 21.0 Å². The average molecular weight is 370 g/mol. The first-order chi connectivity index (χ1) is 13.6. The predicted octanol–water partition coefficient (Wildman–Crippen LogP) is 2.03. The second-order valence-corrected chi connectivity index (χ2v) is 6.95. The van der Waals surface area contributed by atoms with E-state index in [4.69, 9.17) is 5.26 Å². The van der Waals surface area contributed by atoms with Gasteiger partial charge in [-0.15, -0.1) is 0 Å². The van der Waals surface area contributed by atoms with Crippen molar-refractivity contribution in [3.05, 3.63) is 62.9 Å². The molecule has 0 aromatic heterocycles. The zero-order chi connectivity index (χ0) is 19.4. The van der Waals surface area contributed by atoms with Crippen LogP contribution < -0.4 is 10.7 Å². The molecule has 2 aromatic rings. The molecule has 1 aliphatic carbocycles. The highest BCUT2D eigenvalue weighted by Crippen LogP contribution is 2.43. The van der Waals surface area contributed by atoms with Gasteiger partial charge in [0.25, 0.3) is 0 Å². The molecule has 0 spiro atoms. The molecule has 2 N–H and O–H groups in total. The van der Waals surface area contributed by atoms with Crippen LogP contribution in [0.25, 0.3) is 0 Å². The molecule has 7 nitrogen and oxygen atoms in total. The molecule has 2 aliphatic heterocycles. The number of carbonyl (C=O) groups excluding carboxylic acids is 1. The maximum Gasteiger partial charge on any atom is 0.170 e. The van der Waals surface area contributed by atoms with Gasteiger partial charge in [0.05, 0.1) is 11.6 Å². The van der Waals surface area contributed by atoms with Gasteiger partial charge in [-0.25, -0.2) is 15.0 Å². The van der Waals surface area contributed by atoms with Crippen molar-refractivity contribution in [2.45, 2.75) is 25.2 Å². The number of benzene rings is 2. The number of Topliss-reactive ketones (excluding diaryl/α,β-unsaturated/α-hetero) is 1. The van der Waals surface area contributed by atoms with Gasteiger partial charge in [-0.2, -0.15) is 5.26 Å². The second kappa shape index (κ2) is 5.86. The summed E-state index contributed by atoms with van der Waals surface area (Å²) in [6.07, 6.45) is 3.01. The van der Waals surface area contributed by atoms with Gasteiger partial charge in [0.2, 0.25) is 0 Å². The fraction of sp³-hybridized carbons (Fsp3) is 0.190. The molecular formula is C21H14N4O3. The van der Waals surface area contributed by atoms with Crippen LogP contribution in [0.2, 0.25) is 0 Å². The van der Waals surface area contributed by atoms with Crippen molar-refractivity contribution < 1.29 is 15.0 Å². The third-order valence-corrected chi connectivity index (χ3v) is 5.41. The predicted molar refractivity (Wildman–Crippen MR) is 99.1 cm³/mol. The number of nitriles is 1. The summed E-state index contributed by atoms with van der Waals surface area (Å²) in [5, 5.41) is 31.2. The number of carbonyl (C=O) groups is 1. The Hall–Kier alpha value is -3.79. The van der Waals surface area contributed by atoms with E-state index < -0.39 is 5.92 Å². The normalized spacial score (nSPS) is 19.2. The van der Waals surface area contributed by atoms with E-state index in [9.17, 15) is 15.0 Å². The summed E-state index contributed by atoms with van der Waals surface area (Å²) >= 11 is 0. The third kappa shape index (κ3) is 2.15. The van der Waals surface area contributed by atoms with Gasteiger partial charge in [-0.1, -0.05) is 12.1 Å². The van der Waals surface area contributed by atoms with Gasteiger partial charge in [0.1, 0.15) is 28.5 Å². The van der Waals surface area contributed by atoms with E-state index in [0.717, 1.165) is 5.56 Å². The molecule has 0 bridgehead atoms. The summed E-state index contributed by atoms with van der Waals surface area (Å²) in [7, 11) is 0. The lowest BCUT2D eigenvalue weighted by Gasteiger charge is -2.29. The first kappa shape index (κ1) is 16.4. The van der Waals surface area contributed by atoms with Crippen molar-refractivity contribution in [3.8, 4) is 17.6 Å². The van der Waals surface area contributed by atoms with Crippen LogP contribution in [0.3, 0.4) is 0 Å². The molecule has 0 fully saturated rings. The topological polar surface area (TPSA) is 118 Å². The Balaban J connectivity index is 1.87. The number of aromatic hydroxyl groups is 2. The molecule has 0 saturated heterocycles. The highest BCUT2D eigenvalue weighted by molar-refractivity contribution is 5.99. The monoisotopic (exact) mass is 370 g/mol. The van der Waals surface area contributed by atoms with Crippen LogP contribution in [-0.2, 0) is 4.79 Å². The van der Waals surface area contributed by atoms with Crippen LogP contribution in [0.1, 0.15) is 41.9 Å². The van der Waals surface area contributed by atoms with Crippen molar-refractivity contribution in [2.24, 2.45) is 15.0 Å². The van der Waals surface area contributed by atoms with E-state index in [1.54, 1.807) is 24.3 Å². The summed E-state index contributed by atoms with van der Waals surface area (Å²) in [6, 6.07) is 8.95. The number of aliphatic imine (C=N–C) groups is 1. The van der Waals surface area contributed by atoms with Gasteiger partial charge < -0.3 is 10.2 Å². The van der Waals surface area contributed by atoms with Gasteiger partial charge in [-0.05, 0) is 30.5 Å². The fourth-order valence-corrected chi connectivity index (χ4v) is 4.13. The molecule has 0 amide bonds. The maximum atomic E-state index is 12.8. The Kier molecular flexibility index (Phi) is 3.43. The number of ketones is 1. The van der Waals surface area contributed by atoms with Crippen LogP contribution >= 0.6 is 0 Å². The lowest BCUT2D eigenvalue weighted by atomic mass is 9.76. The molecule has 28 heavy (non-hydrogen) atoms. The number of allylic oxidation sites excluding steroid dienone is 2. The third-order valence-electron chi connectivity index (χ3n) is 5.41. The highest BCUT2D eigenvalue weighted by atomic mass is 16.3. The quantitative estimate of drug-likeness (QED) is 0.747. The van der Waals surface area contributed by atoms with Crippen molar-refractivity contribution in [3.63, 3.8) is 0 Å². The summed E-state index contributed by atoms with van der Waals surface area (Å²) in [6.45, 7) is 0. The van der Waals surface area contributed by atoms with Gasteiger partial charge in [-0.3, -0.25) is 4.79 Å². The molecule has 3 aliphatic rings. The minimum atomic E-state index is -0.588. The van der Waals surface area contributed by atoms with Gasteiger partial charge in [0.15, 0.2) is 11.5 Å². The van der Waals surface area contributed by atoms with Gasteiger partial charge >= 0.3 is 0 Å². The smallest absolute Gasteiger partial charge is 0.170 e. The van der Waals surface area contributed by atoms with E-state index in [1.807, 2.05) is 0 Å². The van der Waals surface area contributed by atoms with Crippen LogP contribution in [0.5, 0.6) is 11.5 Å². The Morgan fingerprint density at radius 3 is 2.61 bits per heavy atom. The molecule has 136 valence electrons. The number of hydrogen-bond acceptors (Lipinski definition) is 7. The molecule has 5 rings (SSSR count). The number of fused-ring (bicyclic) bond motifs is 2. The van der Waals surface area contributed by atoms with Gasteiger partial charge in [0, 0.05) is 29.2 Å². The number of phenolic OH excluding ortho intramolecular Hbond substituents is 2. The van der Waals surface area contributed by atoms with Crippen LogP contribution in [0, 0.1) is 11.3 Å². The summed E-state index contributed by atoms with van der Waals surface area (Å²) in [5.74, 6) is -0.889. The first-order valence-corrected chi connectivity index (χ1v) is 8.93. The number of nitrogens with zero attached hydrogens (tertiary/aromatic N) is 4. The van der Waals surface area contributed by atoms with E-state index in [1.165, 1.54) is 6.34 Å². The molecule has 1 unspecified atom stereocenters. The Morgan fingerprint density at radius 1 is 1.07 bits per heavy atom. The van der Waals surface area contributed by atoms with Crippen molar-refractivity contribution >= 4 is 17.8 Å². The molecule has 1 atom stereocenters. The van der Waals surface area contributed by atoms with E-state index >= 15 is 0 Å². The largest absolute Gasteiger partial charge is 0.505 e. The fourth-order valence-electron chi connectivity index (χ4n) is 4.13. The molecule has 2 aromatic carbocycles. The van der Waals surface area contributed by atoms with Crippen molar-refractivity contribution in [1.82, 2.24) is 0 Å². The standard InChI is InChI=1S/C21H14N4O3/c22-8-10-4-6-11(7-5-10)14-15-12(2-1-3-13(15)26)25-17-16(14)20(27)18-19(21(17)28)24-9-23-18/h4-7,9,14,27-28H,1-3H2. The number of phenols is 2. The Morgan fingerprint density at radius 2 is 1.86 bits per heavy atom. The first-order valence-electron chi connectivity index (χ1n) is 8.93. The minimum Gasteiger partial charge on any atom is -0.505 e. The zero-order valence-electron chi connectivity index (χ0n) is 14.7. The summed E-state index contributed by atoms with van der Waals surface area (Å²) in [5.41, 5.74) is 2.95. The van der Waals surface area contributed by atoms with E-state index in [-0.39, 0.29) is 33.7 Å². The van der Waals surface area contributed by atoms with Crippen LogP contribution in [0.4, 0.5) is 5.69 Å². The summed E-state index contributed by atoms with van der Waals surface area (Å²) < 4.78 is 0. The molecular weight excluding hydrogens is 356 g/mol. The average Bonchev–Trinajstić information content (AvgIpc) is 3.21. The highest BCUT2D eigenvalue weighted by Gasteiger charge is 2.37. The van der Waals surface area contributed by atoms with Crippen molar-refractivity contribution in [1.29, 1.82) is 5.26 Å². The number of rotatable bonds is 1. The SMILES string of the molecule is N#Cc1ccc(C2C3=C(CCCC3=O)N=c3c(O)c4c(c(O)c32)=NC=N4)cc1. The maximum absolute atomic E-state index is 12.8. The van der Waals surface area contributed by atoms with E-state index in [0.29, 0.717) is 41.7 Å². The molecule has 2 heterocycles. The van der Waals surface area contributed by atoms with Crippen LogP contribution in [0.15, 0.2) is 50.5 Å². The lowest BCUT2D eigenvalue weighted by molar-refractivity contribution is -0.116. The second-order valence-electron chi connectivity index (χ2n) is 6.95. The molecule has 0 saturated carbocycles. The van der Waals surface area contributed by atoms with Crippen molar-refractivity contribution in [2.75, 3.05) is 0 Å². The zero-order valence-corrected chi connectivity index (χ0v) is 14.7. The lowest BCUT2D eigenvalue weighted by Crippen LogP contribution is -2.30. The minimum absolute atomic E-state index is 0.0161. The number of hydrogen-bond donors (Lipinski definition) is 2. The van der Waals surface area contributed by atoms with Crippen LogP contribution in [-0.4, -0.2) is 22.3 Å². The molecule has 0 radical (unpaired) electrons.